The molecule has 0 unspecified atom stereocenters. The summed E-state index contributed by atoms with van der Waals surface area (Å²) in [6, 6.07) is 13.6. The predicted molar refractivity (Wildman–Crippen MR) is 107 cm³/mol. The Balaban J connectivity index is 1.66. The van der Waals surface area contributed by atoms with Gasteiger partial charge in [0.25, 0.3) is 0 Å². The number of fused-ring (bicyclic) bond motifs is 1. The Kier molecular flexibility index (Phi) is 4.86. The number of nitriles is 1. The highest BCUT2D eigenvalue weighted by atomic mass is 16.6. The molecular formula is C22H17N3O5. The molecule has 1 aromatic heterocycles. The lowest BCUT2D eigenvalue weighted by Crippen LogP contribution is -2.16. The Morgan fingerprint density at radius 3 is 2.40 bits per heavy atom. The Hall–Kier alpha value is -4.25. The average molecular weight is 403 g/mol. The maximum Gasteiger partial charge on any atom is 0.357 e. The third-order valence-corrected chi connectivity index (χ3v) is 4.76. The first-order valence-corrected chi connectivity index (χ1v) is 9.07. The summed E-state index contributed by atoms with van der Waals surface area (Å²) in [4.78, 5) is 25.0. The first-order chi connectivity index (χ1) is 14.5. The molecule has 0 atom stereocenters. The van der Waals surface area contributed by atoms with Crippen molar-refractivity contribution in [1.29, 1.82) is 5.26 Å². The molecular weight excluding hydrogens is 386 g/mol. The van der Waals surface area contributed by atoms with Gasteiger partial charge in [0.2, 0.25) is 0 Å². The van der Waals surface area contributed by atoms with Crippen LogP contribution in [0.4, 0.5) is 5.69 Å². The molecule has 0 fully saturated rings. The van der Waals surface area contributed by atoms with E-state index in [0.717, 1.165) is 0 Å². The molecule has 1 aliphatic heterocycles. The number of nitrogens with zero attached hydrogens (tertiary/aromatic N) is 2. The van der Waals surface area contributed by atoms with Crippen molar-refractivity contribution in [3.05, 3.63) is 71.0 Å². The molecule has 0 aliphatic carbocycles. The van der Waals surface area contributed by atoms with Crippen LogP contribution < -0.4 is 15.2 Å². The number of ketones is 1. The van der Waals surface area contributed by atoms with Gasteiger partial charge in [0.05, 0.1) is 18.4 Å². The van der Waals surface area contributed by atoms with E-state index in [4.69, 9.17) is 19.9 Å². The van der Waals surface area contributed by atoms with Gasteiger partial charge in [0, 0.05) is 23.0 Å². The monoisotopic (exact) mass is 403 g/mol. The summed E-state index contributed by atoms with van der Waals surface area (Å²) >= 11 is 0. The number of nitrogen functional groups attached to an aromatic ring is 1. The molecule has 0 bridgehead atoms. The summed E-state index contributed by atoms with van der Waals surface area (Å²) in [5, 5.41) is 9.23. The SMILES string of the molecule is COC(=O)c1c(N)c(C#N)cn1-c1ccc(C(=O)c2ccc3c(c2)OCCO3)cc1. The predicted octanol–water partition coefficient (Wildman–Crippen LogP) is 2.72. The van der Waals surface area contributed by atoms with Crippen molar-refractivity contribution in [2.75, 3.05) is 26.1 Å². The van der Waals surface area contributed by atoms with Crippen LogP contribution in [0.15, 0.2) is 48.7 Å². The van der Waals surface area contributed by atoms with Crippen molar-refractivity contribution in [2.24, 2.45) is 0 Å². The van der Waals surface area contributed by atoms with Crippen molar-refractivity contribution >= 4 is 17.4 Å². The topological polar surface area (TPSA) is 117 Å². The molecule has 0 saturated carbocycles. The quantitative estimate of drug-likeness (QED) is 0.526. The lowest BCUT2D eigenvalue weighted by atomic mass is 10.0. The molecule has 0 saturated heterocycles. The number of rotatable bonds is 4. The molecule has 0 spiro atoms. The highest BCUT2D eigenvalue weighted by Gasteiger charge is 2.22. The molecule has 0 amide bonds. The first kappa shape index (κ1) is 19.1. The largest absolute Gasteiger partial charge is 0.486 e. The van der Waals surface area contributed by atoms with Crippen molar-refractivity contribution in [3.8, 4) is 23.3 Å². The fourth-order valence-electron chi connectivity index (χ4n) is 3.24. The zero-order valence-electron chi connectivity index (χ0n) is 16.0. The summed E-state index contributed by atoms with van der Waals surface area (Å²) in [6.07, 6.45) is 1.46. The van der Waals surface area contributed by atoms with Gasteiger partial charge >= 0.3 is 5.97 Å². The Labute approximate surface area is 172 Å². The van der Waals surface area contributed by atoms with Crippen molar-refractivity contribution in [3.63, 3.8) is 0 Å². The van der Waals surface area contributed by atoms with E-state index in [9.17, 15) is 14.9 Å². The van der Waals surface area contributed by atoms with Crippen LogP contribution in [0, 0.1) is 11.3 Å². The molecule has 2 heterocycles. The van der Waals surface area contributed by atoms with Crippen LogP contribution in [0.2, 0.25) is 0 Å². The summed E-state index contributed by atoms with van der Waals surface area (Å²) in [5.41, 5.74) is 7.66. The van der Waals surface area contributed by atoms with E-state index in [1.54, 1.807) is 42.5 Å². The molecule has 2 aromatic carbocycles. The number of carbonyl (C=O) groups excluding carboxylic acids is 2. The second-order valence-corrected chi connectivity index (χ2v) is 6.51. The molecule has 3 aromatic rings. The lowest BCUT2D eigenvalue weighted by Gasteiger charge is -2.18. The molecule has 30 heavy (non-hydrogen) atoms. The summed E-state index contributed by atoms with van der Waals surface area (Å²) in [6.45, 7) is 0.916. The summed E-state index contributed by atoms with van der Waals surface area (Å²) in [7, 11) is 1.24. The highest BCUT2D eigenvalue weighted by molar-refractivity contribution is 6.09. The minimum atomic E-state index is -0.662. The maximum atomic E-state index is 12.9. The number of hydrogen-bond donors (Lipinski definition) is 1. The van der Waals surface area contributed by atoms with Gasteiger partial charge in [-0.05, 0) is 42.5 Å². The number of benzene rings is 2. The number of hydrogen-bond acceptors (Lipinski definition) is 7. The number of carbonyl (C=O) groups is 2. The first-order valence-electron chi connectivity index (χ1n) is 9.07. The second kappa shape index (κ2) is 7.64. The zero-order valence-corrected chi connectivity index (χ0v) is 16.0. The van der Waals surface area contributed by atoms with Crippen molar-refractivity contribution in [1.82, 2.24) is 4.57 Å². The molecule has 150 valence electrons. The number of nitrogens with two attached hydrogens (primary N) is 1. The van der Waals surface area contributed by atoms with Crippen LogP contribution in [0.3, 0.4) is 0 Å². The third-order valence-electron chi connectivity index (χ3n) is 4.76. The zero-order chi connectivity index (χ0) is 21.3. The fourth-order valence-corrected chi connectivity index (χ4v) is 3.24. The van der Waals surface area contributed by atoms with E-state index in [-0.39, 0.29) is 22.7 Å². The lowest BCUT2D eigenvalue weighted by molar-refractivity contribution is 0.0593. The normalized spacial score (nSPS) is 12.1. The minimum Gasteiger partial charge on any atom is -0.486 e. The summed E-state index contributed by atoms with van der Waals surface area (Å²) < 4.78 is 17.3. The molecule has 1 aliphatic rings. The Bertz CT molecular complexity index is 1190. The Morgan fingerprint density at radius 2 is 1.73 bits per heavy atom. The van der Waals surface area contributed by atoms with E-state index in [0.29, 0.717) is 41.5 Å². The van der Waals surface area contributed by atoms with Crippen LogP contribution in [0.5, 0.6) is 11.5 Å². The van der Waals surface area contributed by atoms with E-state index >= 15 is 0 Å². The van der Waals surface area contributed by atoms with E-state index in [1.165, 1.54) is 17.9 Å². The number of ether oxygens (including phenoxy) is 3. The second-order valence-electron chi connectivity index (χ2n) is 6.51. The van der Waals surface area contributed by atoms with Crippen LogP contribution in [-0.4, -0.2) is 36.6 Å². The van der Waals surface area contributed by atoms with Gasteiger partial charge in [-0.3, -0.25) is 4.79 Å². The van der Waals surface area contributed by atoms with Gasteiger partial charge in [0.15, 0.2) is 23.0 Å². The van der Waals surface area contributed by atoms with Gasteiger partial charge < -0.3 is 24.5 Å². The molecule has 8 heteroatoms. The van der Waals surface area contributed by atoms with Gasteiger partial charge in [-0.25, -0.2) is 4.79 Å². The van der Waals surface area contributed by atoms with Crippen molar-refractivity contribution < 1.29 is 23.8 Å². The molecule has 2 N–H and O–H groups in total. The van der Waals surface area contributed by atoms with Gasteiger partial charge in [-0.1, -0.05) is 0 Å². The van der Waals surface area contributed by atoms with Crippen LogP contribution >= 0.6 is 0 Å². The Morgan fingerprint density at radius 1 is 1.07 bits per heavy atom. The number of esters is 1. The van der Waals surface area contributed by atoms with Crippen LogP contribution in [-0.2, 0) is 4.74 Å². The standard InChI is InChI=1S/C22H17N3O5/c1-28-22(27)20-19(24)15(11-23)12-25(20)16-5-2-13(3-6-16)21(26)14-4-7-17-18(10-14)30-9-8-29-17/h2-7,10,12H,8-9,24H2,1H3. The number of methoxy groups -OCH3 is 1. The van der Waals surface area contributed by atoms with E-state index < -0.39 is 5.97 Å². The maximum absolute atomic E-state index is 12.9. The number of anilines is 1. The average Bonchev–Trinajstić information content (AvgIpc) is 3.14. The number of aromatic nitrogens is 1. The molecule has 0 radical (unpaired) electrons. The molecule has 4 rings (SSSR count). The van der Waals surface area contributed by atoms with E-state index in [2.05, 4.69) is 0 Å². The smallest absolute Gasteiger partial charge is 0.357 e. The third kappa shape index (κ3) is 3.22. The minimum absolute atomic E-state index is 0.0424. The van der Waals surface area contributed by atoms with Crippen LogP contribution in [0.25, 0.3) is 5.69 Å². The highest BCUT2D eigenvalue weighted by Crippen LogP contribution is 2.31. The van der Waals surface area contributed by atoms with Crippen molar-refractivity contribution in [2.45, 2.75) is 0 Å². The fraction of sp³-hybridized carbons (Fsp3) is 0.136. The summed E-state index contributed by atoms with van der Waals surface area (Å²) in [5.74, 6) is 0.308. The molecule has 8 nitrogen and oxygen atoms in total. The van der Waals surface area contributed by atoms with Gasteiger partial charge in [-0.2, -0.15) is 5.26 Å². The van der Waals surface area contributed by atoms with Gasteiger partial charge in [-0.15, -0.1) is 0 Å². The van der Waals surface area contributed by atoms with Gasteiger partial charge in [0.1, 0.15) is 19.3 Å². The van der Waals surface area contributed by atoms with Crippen LogP contribution in [0.1, 0.15) is 32.0 Å². The van der Waals surface area contributed by atoms with E-state index in [1.807, 2.05) is 6.07 Å².